The molecule has 2 N–H and O–H groups in total. The van der Waals surface area contributed by atoms with Gasteiger partial charge in [-0.05, 0) is 37.5 Å². The number of nitrogens with zero attached hydrogens (tertiary/aromatic N) is 2. The molecule has 0 saturated heterocycles. The predicted octanol–water partition coefficient (Wildman–Crippen LogP) is 4.57. The fourth-order valence-corrected chi connectivity index (χ4v) is 2.55. The lowest BCUT2D eigenvalue weighted by Gasteiger charge is -2.10. The fraction of sp³-hybridized carbons (Fsp3) is 0.200. The molecule has 24 heavy (non-hydrogen) atoms. The minimum absolute atomic E-state index is 0.751. The standard InChI is InChI=1S/C20H22N4/c1-16-22-19(21-14-8-11-17-9-4-2-5-10-17)15-20(23-16)24-18-12-6-3-7-13-18/h2-7,9-10,12-13,15H,8,11,14H2,1H3,(H2,21,22,23,24). The third kappa shape index (κ3) is 4.81. The molecule has 0 aliphatic heterocycles. The Bertz CT molecular complexity index is 757. The molecular weight excluding hydrogens is 296 g/mol. The zero-order valence-electron chi connectivity index (χ0n) is 13.9. The first-order valence-corrected chi connectivity index (χ1v) is 8.25. The summed E-state index contributed by atoms with van der Waals surface area (Å²) in [5.41, 5.74) is 2.38. The van der Waals surface area contributed by atoms with Crippen LogP contribution in [0.3, 0.4) is 0 Å². The first-order valence-electron chi connectivity index (χ1n) is 8.25. The average molecular weight is 318 g/mol. The van der Waals surface area contributed by atoms with E-state index in [0.29, 0.717) is 0 Å². The second-order valence-corrected chi connectivity index (χ2v) is 5.69. The van der Waals surface area contributed by atoms with E-state index in [2.05, 4.69) is 44.9 Å². The van der Waals surface area contributed by atoms with Crippen molar-refractivity contribution >= 4 is 17.3 Å². The minimum Gasteiger partial charge on any atom is -0.370 e. The average Bonchev–Trinajstić information content (AvgIpc) is 2.60. The van der Waals surface area contributed by atoms with Crippen molar-refractivity contribution in [1.29, 1.82) is 0 Å². The van der Waals surface area contributed by atoms with Gasteiger partial charge >= 0.3 is 0 Å². The van der Waals surface area contributed by atoms with Crippen molar-refractivity contribution in [2.75, 3.05) is 17.2 Å². The van der Waals surface area contributed by atoms with Crippen LogP contribution in [0.15, 0.2) is 66.7 Å². The summed E-state index contributed by atoms with van der Waals surface area (Å²) >= 11 is 0. The van der Waals surface area contributed by atoms with E-state index in [0.717, 1.165) is 42.5 Å². The van der Waals surface area contributed by atoms with Gasteiger partial charge in [0.1, 0.15) is 17.5 Å². The number of para-hydroxylation sites is 1. The van der Waals surface area contributed by atoms with E-state index in [1.54, 1.807) is 0 Å². The highest BCUT2D eigenvalue weighted by Crippen LogP contribution is 2.17. The molecule has 4 nitrogen and oxygen atoms in total. The van der Waals surface area contributed by atoms with E-state index in [4.69, 9.17) is 0 Å². The van der Waals surface area contributed by atoms with Crippen molar-refractivity contribution < 1.29 is 0 Å². The van der Waals surface area contributed by atoms with E-state index >= 15 is 0 Å². The van der Waals surface area contributed by atoms with Gasteiger partial charge in [-0.1, -0.05) is 48.5 Å². The molecule has 0 bridgehead atoms. The summed E-state index contributed by atoms with van der Waals surface area (Å²) < 4.78 is 0. The molecule has 0 aliphatic carbocycles. The first-order chi connectivity index (χ1) is 11.8. The van der Waals surface area contributed by atoms with Crippen molar-refractivity contribution in [1.82, 2.24) is 9.97 Å². The monoisotopic (exact) mass is 318 g/mol. The van der Waals surface area contributed by atoms with E-state index in [1.807, 2.05) is 49.4 Å². The maximum absolute atomic E-state index is 4.46. The van der Waals surface area contributed by atoms with Crippen molar-refractivity contribution in [3.05, 3.63) is 78.1 Å². The molecule has 1 heterocycles. The van der Waals surface area contributed by atoms with Gasteiger partial charge in [-0.25, -0.2) is 9.97 Å². The molecule has 0 aliphatic rings. The van der Waals surface area contributed by atoms with Gasteiger partial charge in [0.2, 0.25) is 0 Å². The van der Waals surface area contributed by atoms with Crippen LogP contribution in [0.4, 0.5) is 17.3 Å². The van der Waals surface area contributed by atoms with Crippen molar-refractivity contribution in [2.45, 2.75) is 19.8 Å². The first kappa shape index (κ1) is 16.0. The zero-order valence-corrected chi connectivity index (χ0v) is 13.9. The van der Waals surface area contributed by atoms with Gasteiger partial charge in [-0.3, -0.25) is 0 Å². The molecular formula is C20H22N4. The number of nitrogens with one attached hydrogen (secondary N) is 2. The van der Waals surface area contributed by atoms with Crippen LogP contribution in [-0.4, -0.2) is 16.5 Å². The molecule has 4 heteroatoms. The van der Waals surface area contributed by atoms with E-state index in [1.165, 1.54) is 5.56 Å². The normalized spacial score (nSPS) is 10.4. The number of aromatic nitrogens is 2. The van der Waals surface area contributed by atoms with Crippen LogP contribution in [0.5, 0.6) is 0 Å². The lowest BCUT2D eigenvalue weighted by Crippen LogP contribution is -2.07. The summed E-state index contributed by atoms with van der Waals surface area (Å²) in [6.45, 7) is 2.79. The predicted molar refractivity (Wildman–Crippen MR) is 99.7 cm³/mol. The lowest BCUT2D eigenvalue weighted by molar-refractivity contribution is 0.856. The molecule has 0 spiro atoms. The van der Waals surface area contributed by atoms with Gasteiger partial charge in [-0.2, -0.15) is 0 Å². The third-order valence-corrected chi connectivity index (χ3v) is 3.68. The van der Waals surface area contributed by atoms with Gasteiger partial charge in [0.05, 0.1) is 0 Å². The number of rotatable bonds is 7. The van der Waals surface area contributed by atoms with Gasteiger partial charge < -0.3 is 10.6 Å². The Kier molecular flexibility index (Phi) is 5.40. The highest BCUT2D eigenvalue weighted by Gasteiger charge is 2.02. The lowest BCUT2D eigenvalue weighted by atomic mass is 10.1. The molecule has 0 unspecified atom stereocenters. The Morgan fingerprint density at radius 2 is 1.50 bits per heavy atom. The van der Waals surface area contributed by atoms with Gasteiger partial charge in [0, 0.05) is 18.3 Å². The fourth-order valence-electron chi connectivity index (χ4n) is 2.55. The molecule has 3 aromatic rings. The zero-order chi connectivity index (χ0) is 16.6. The summed E-state index contributed by atoms with van der Waals surface area (Å²) in [4.78, 5) is 8.90. The van der Waals surface area contributed by atoms with Crippen LogP contribution in [0.25, 0.3) is 0 Å². The van der Waals surface area contributed by atoms with Crippen LogP contribution in [-0.2, 0) is 6.42 Å². The molecule has 2 aromatic carbocycles. The quantitative estimate of drug-likeness (QED) is 0.626. The Labute approximate surface area is 143 Å². The van der Waals surface area contributed by atoms with Crippen LogP contribution in [0.2, 0.25) is 0 Å². The summed E-state index contributed by atoms with van der Waals surface area (Å²) in [5, 5.41) is 6.70. The second kappa shape index (κ2) is 8.11. The van der Waals surface area contributed by atoms with Gasteiger partial charge in [0.15, 0.2) is 0 Å². The highest BCUT2D eigenvalue weighted by molar-refractivity contribution is 5.58. The van der Waals surface area contributed by atoms with Crippen LogP contribution < -0.4 is 10.6 Å². The number of hydrogen-bond acceptors (Lipinski definition) is 4. The Morgan fingerprint density at radius 1 is 0.833 bits per heavy atom. The SMILES string of the molecule is Cc1nc(NCCCc2ccccc2)cc(Nc2ccccc2)n1. The molecule has 3 rings (SSSR count). The topological polar surface area (TPSA) is 49.8 Å². The summed E-state index contributed by atoms with van der Waals surface area (Å²) in [6.07, 6.45) is 2.13. The number of aryl methyl sites for hydroxylation is 2. The molecule has 0 amide bonds. The molecule has 0 saturated carbocycles. The van der Waals surface area contributed by atoms with Gasteiger partial charge in [0.25, 0.3) is 0 Å². The molecule has 0 fully saturated rings. The van der Waals surface area contributed by atoms with Crippen LogP contribution in [0, 0.1) is 6.92 Å². The van der Waals surface area contributed by atoms with E-state index < -0.39 is 0 Å². The van der Waals surface area contributed by atoms with E-state index in [-0.39, 0.29) is 0 Å². The summed E-state index contributed by atoms with van der Waals surface area (Å²) in [6, 6.07) is 22.5. The van der Waals surface area contributed by atoms with Crippen molar-refractivity contribution in [3.63, 3.8) is 0 Å². The highest BCUT2D eigenvalue weighted by atomic mass is 15.1. The van der Waals surface area contributed by atoms with Gasteiger partial charge in [-0.15, -0.1) is 0 Å². The van der Waals surface area contributed by atoms with Crippen LogP contribution in [0.1, 0.15) is 17.8 Å². The number of hydrogen-bond donors (Lipinski definition) is 2. The van der Waals surface area contributed by atoms with Crippen molar-refractivity contribution in [2.24, 2.45) is 0 Å². The Balaban J connectivity index is 1.55. The number of anilines is 3. The van der Waals surface area contributed by atoms with Crippen molar-refractivity contribution in [3.8, 4) is 0 Å². The second-order valence-electron chi connectivity index (χ2n) is 5.69. The maximum atomic E-state index is 4.46. The minimum atomic E-state index is 0.751. The third-order valence-electron chi connectivity index (χ3n) is 3.68. The Morgan fingerprint density at radius 3 is 2.25 bits per heavy atom. The Hall–Kier alpha value is -2.88. The molecule has 1 aromatic heterocycles. The summed E-state index contributed by atoms with van der Waals surface area (Å²) in [7, 11) is 0. The molecule has 122 valence electrons. The van der Waals surface area contributed by atoms with Crippen LogP contribution >= 0.6 is 0 Å². The maximum Gasteiger partial charge on any atom is 0.136 e. The molecule has 0 atom stereocenters. The largest absolute Gasteiger partial charge is 0.370 e. The molecule has 0 radical (unpaired) electrons. The summed E-state index contributed by atoms with van der Waals surface area (Å²) in [5.74, 6) is 2.41. The number of benzene rings is 2. The smallest absolute Gasteiger partial charge is 0.136 e. The van der Waals surface area contributed by atoms with E-state index in [9.17, 15) is 0 Å².